The van der Waals surface area contributed by atoms with Crippen LogP contribution in [0.25, 0.3) is 11.4 Å². The lowest BCUT2D eigenvalue weighted by molar-refractivity contribution is -0.122. The Balaban J connectivity index is 1.48. The van der Waals surface area contributed by atoms with Crippen molar-refractivity contribution in [2.45, 2.75) is 6.42 Å². The molecule has 9 heteroatoms. The fraction of sp³-hybridized carbons (Fsp3) is 0.211. The van der Waals surface area contributed by atoms with E-state index in [-0.39, 0.29) is 30.5 Å². The van der Waals surface area contributed by atoms with E-state index >= 15 is 0 Å². The minimum atomic E-state index is -0.563. The minimum Gasteiger partial charge on any atom is -0.326 e. The first-order valence-electron chi connectivity index (χ1n) is 8.71. The average Bonchev–Trinajstić information content (AvgIpc) is 3.28. The summed E-state index contributed by atoms with van der Waals surface area (Å²) >= 11 is 0. The summed E-state index contributed by atoms with van der Waals surface area (Å²) in [6, 6.07) is 13.2. The zero-order valence-corrected chi connectivity index (χ0v) is 15.0. The van der Waals surface area contributed by atoms with E-state index in [2.05, 4.69) is 20.8 Å². The van der Waals surface area contributed by atoms with Gasteiger partial charge >= 0.3 is 0 Å². The Labute approximate surface area is 160 Å². The third-order valence-corrected chi connectivity index (χ3v) is 4.65. The number of benzene rings is 2. The lowest BCUT2D eigenvalue weighted by Gasteiger charge is -2.17. The van der Waals surface area contributed by atoms with Crippen LogP contribution in [-0.4, -0.2) is 38.6 Å². The summed E-state index contributed by atoms with van der Waals surface area (Å²) in [5.41, 5.74) is 1.52. The summed E-state index contributed by atoms with van der Waals surface area (Å²) in [5.74, 6) is -1.04. The zero-order chi connectivity index (χ0) is 19.7. The molecule has 1 saturated heterocycles. The van der Waals surface area contributed by atoms with E-state index in [1.54, 1.807) is 37.4 Å². The van der Waals surface area contributed by atoms with Gasteiger partial charge in [-0.05, 0) is 34.7 Å². The van der Waals surface area contributed by atoms with Crippen LogP contribution < -0.4 is 10.2 Å². The van der Waals surface area contributed by atoms with Crippen LogP contribution >= 0.6 is 0 Å². The number of aryl methyl sites for hydroxylation is 1. The first-order chi connectivity index (χ1) is 13.5. The number of nitrogens with one attached hydrogen (secondary N) is 1. The molecule has 142 valence electrons. The molecule has 0 saturated carbocycles. The highest BCUT2D eigenvalue weighted by atomic mass is 19.1. The van der Waals surface area contributed by atoms with Crippen LogP contribution in [0.15, 0.2) is 48.5 Å². The van der Waals surface area contributed by atoms with Crippen molar-refractivity contribution < 1.29 is 14.0 Å². The van der Waals surface area contributed by atoms with E-state index in [4.69, 9.17) is 0 Å². The Morgan fingerprint density at radius 1 is 1.21 bits per heavy atom. The van der Waals surface area contributed by atoms with Crippen molar-refractivity contribution in [3.8, 4) is 11.4 Å². The fourth-order valence-corrected chi connectivity index (χ4v) is 3.24. The van der Waals surface area contributed by atoms with Gasteiger partial charge in [0.15, 0.2) is 5.82 Å². The largest absolute Gasteiger partial charge is 0.326 e. The third-order valence-electron chi connectivity index (χ3n) is 4.65. The maximum Gasteiger partial charge on any atom is 0.229 e. The quantitative estimate of drug-likeness (QED) is 0.747. The Morgan fingerprint density at radius 2 is 2.04 bits per heavy atom. The molecule has 0 aliphatic carbocycles. The molecule has 1 fully saturated rings. The standard InChI is InChI=1S/C19H17FN6O2/c1-25-18(22-23-24-25)12-5-4-6-14(9-12)21-19(28)13-10-17(27)26(11-13)16-8-3-2-7-15(16)20/h2-9,13H,10-11H2,1H3,(H,21,28)/t13-/m0/s1. The second kappa shape index (κ2) is 7.18. The predicted molar refractivity (Wildman–Crippen MR) is 99.7 cm³/mol. The van der Waals surface area contributed by atoms with Crippen molar-refractivity contribution >= 4 is 23.2 Å². The average molecular weight is 380 g/mol. The van der Waals surface area contributed by atoms with E-state index in [1.165, 1.54) is 21.7 Å². The van der Waals surface area contributed by atoms with Gasteiger partial charge in [-0.1, -0.05) is 24.3 Å². The molecular weight excluding hydrogens is 363 g/mol. The molecule has 4 rings (SSSR count). The number of rotatable bonds is 4. The highest BCUT2D eigenvalue weighted by molar-refractivity contribution is 6.03. The van der Waals surface area contributed by atoms with E-state index in [9.17, 15) is 14.0 Å². The molecule has 0 spiro atoms. The van der Waals surface area contributed by atoms with Gasteiger partial charge in [0.25, 0.3) is 0 Å². The molecule has 3 aromatic rings. The summed E-state index contributed by atoms with van der Waals surface area (Å²) in [4.78, 5) is 26.3. The van der Waals surface area contributed by atoms with E-state index < -0.39 is 11.7 Å². The van der Waals surface area contributed by atoms with E-state index in [0.29, 0.717) is 11.5 Å². The topological polar surface area (TPSA) is 93.0 Å². The van der Waals surface area contributed by atoms with Gasteiger partial charge in [-0.25, -0.2) is 9.07 Å². The summed E-state index contributed by atoms with van der Waals surface area (Å²) < 4.78 is 15.5. The van der Waals surface area contributed by atoms with Crippen molar-refractivity contribution in [3.63, 3.8) is 0 Å². The minimum absolute atomic E-state index is 0.0348. The smallest absolute Gasteiger partial charge is 0.229 e. The molecule has 2 heterocycles. The molecule has 2 amide bonds. The number of carbonyl (C=O) groups excluding carboxylic acids is 2. The first kappa shape index (κ1) is 17.8. The van der Waals surface area contributed by atoms with Crippen LogP contribution in [0.5, 0.6) is 0 Å². The highest BCUT2D eigenvalue weighted by Gasteiger charge is 2.36. The number of aromatic nitrogens is 4. The first-order valence-corrected chi connectivity index (χ1v) is 8.71. The van der Waals surface area contributed by atoms with Gasteiger partial charge < -0.3 is 10.2 Å². The second-order valence-electron chi connectivity index (χ2n) is 6.55. The van der Waals surface area contributed by atoms with Gasteiger partial charge in [0.05, 0.1) is 11.6 Å². The zero-order valence-electron chi connectivity index (χ0n) is 15.0. The number of para-hydroxylation sites is 1. The van der Waals surface area contributed by atoms with Crippen LogP contribution in [-0.2, 0) is 16.6 Å². The molecule has 28 heavy (non-hydrogen) atoms. The summed E-state index contributed by atoms with van der Waals surface area (Å²) in [6.07, 6.45) is 0.0348. The molecule has 8 nitrogen and oxygen atoms in total. The second-order valence-corrected chi connectivity index (χ2v) is 6.55. The molecule has 1 aromatic heterocycles. The van der Waals surface area contributed by atoms with Crippen molar-refractivity contribution in [3.05, 3.63) is 54.3 Å². The maximum absolute atomic E-state index is 14.0. The normalized spacial score (nSPS) is 16.4. The Bertz CT molecular complexity index is 1050. The van der Waals surface area contributed by atoms with Crippen molar-refractivity contribution in [1.82, 2.24) is 20.2 Å². The lowest BCUT2D eigenvalue weighted by atomic mass is 10.1. The van der Waals surface area contributed by atoms with Gasteiger partial charge in [-0.15, -0.1) is 5.10 Å². The number of amides is 2. The molecule has 0 bridgehead atoms. The van der Waals surface area contributed by atoms with Gasteiger partial charge in [0.2, 0.25) is 11.8 Å². The number of halogens is 1. The van der Waals surface area contributed by atoms with Gasteiger partial charge in [0, 0.05) is 31.3 Å². The van der Waals surface area contributed by atoms with Crippen molar-refractivity contribution in [2.24, 2.45) is 13.0 Å². The molecular formula is C19H17FN6O2. The monoisotopic (exact) mass is 380 g/mol. The number of hydrogen-bond donors (Lipinski definition) is 1. The lowest BCUT2D eigenvalue weighted by Crippen LogP contribution is -2.28. The van der Waals surface area contributed by atoms with E-state index in [0.717, 1.165) is 5.56 Å². The van der Waals surface area contributed by atoms with Crippen LogP contribution in [0.1, 0.15) is 6.42 Å². The Hall–Kier alpha value is -3.62. The number of nitrogens with zero attached hydrogens (tertiary/aromatic N) is 5. The van der Waals surface area contributed by atoms with Crippen LogP contribution in [0.3, 0.4) is 0 Å². The number of carbonyl (C=O) groups is 2. The molecule has 1 aliphatic rings. The maximum atomic E-state index is 14.0. The Morgan fingerprint density at radius 3 is 2.79 bits per heavy atom. The van der Waals surface area contributed by atoms with Crippen LogP contribution in [0.4, 0.5) is 15.8 Å². The molecule has 1 atom stereocenters. The van der Waals surface area contributed by atoms with Crippen molar-refractivity contribution in [2.75, 3.05) is 16.8 Å². The number of tetrazole rings is 1. The fourth-order valence-electron chi connectivity index (χ4n) is 3.24. The summed E-state index contributed by atoms with van der Waals surface area (Å²) in [5, 5.41) is 14.2. The van der Waals surface area contributed by atoms with Gasteiger partial charge in [-0.3, -0.25) is 9.59 Å². The number of hydrogen-bond acceptors (Lipinski definition) is 5. The van der Waals surface area contributed by atoms with Crippen LogP contribution in [0.2, 0.25) is 0 Å². The molecule has 1 aliphatic heterocycles. The van der Waals surface area contributed by atoms with Crippen molar-refractivity contribution in [1.29, 1.82) is 0 Å². The third kappa shape index (κ3) is 3.34. The van der Waals surface area contributed by atoms with Crippen LogP contribution in [0, 0.1) is 11.7 Å². The predicted octanol–water partition coefficient (Wildman–Crippen LogP) is 2.01. The Kier molecular flexibility index (Phi) is 4.56. The SMILES string of the molecule is Cn1nnnc1-c1cccc(NC(=O)[C@H]2CC(=O)N(c3ccccc3F)C2)c1. The van der Waals surface area contributed by atoms with E-state index in [1.807, 2.05) is 6.07 Å². The molecule has 0 radical (unpaired) electrons. The summed E-state index contributed by atoms with van der Waals surface area (Å²) in [6.45, 7) is 0.137. The highest BCUT2D eigenvalue weighted by Crippen LogP contribution is 2.28. The molecule has 0 unspecified atom stereocenters. The van der Waals surface area contributed by atoms with Gasteiger partial charge in [0.1, 0.15) is 5.82 Å². The molecule has 2 aromatic carbocycles. The number of anilines is 2. The summed E-state index contributed by atoms with van der Waals surface area (Å²) in [7, 11) is 1.72. The molecule has 1 N–H and O–H groups in total. The van der Waals surface area contributed by atoms with Gasteiger partial charge in [-0.2, -0.15) is 0 Å².